The van der Waals surface area contributed by atoms with Crippen molar-refractivity contribution >= 4 is 74.0 Å². The van der Waals surface area contributed by atoms with Crippen molar-refractivity contribution in [3.63, 3.8) is 0 Å². The van der Waals surface area contributed by atoms with Gasteiger partial charge in [0.2, 0.25) is 23.5 Å². The summed E-state index contributed by atoms with van der Waals surface area (Å²) in [5.41, 5.74) is 4.19. The highest BCUT2D eigenvalue weighted by molar-refractivity contribution is 6.33. The number of aromatic nitrogens is 5. The zero-order valence-corrected chi connectivity index (χ0v) is 36.8. The van der Waals surface area contributed by atoms with Crippen molar-refractivity contribution in [1.29, 1.82) is 0 Å². The van der Waals surface area contributed by atoms with Gasteiger partial charge < -0.3 is 29.7 Å². The molecular weight excluding hydrogens is 844 g/mol. The predicted molar refractivity (Wildman–Crippen MR) is 241 cm³/mol. The number of ether oxygens (including phenoxy) is 1. The van der Waals surface area contributed by atoms with Gasteiger partial charge in [-0.05, 0) is 93.2 Å². The second kappa shape index (κ2) is 15.6. The molecule has 5 aromatic rings. The largest absolute Gasteiger partial charge is 0.480 e. The maximum atomic E-state index is 15.2. The lowest BCUT2D eigenvalue weighted by Gasteiger charge is -2.54. The average Bonchev–Trinajstić information content (AvgIpc) is 4.08. The van der Waals surface area contributed by atoms with Gasteiger partial charge in [-0.3, -0.25) is 29.3 Å². The first-order chi connectivity index (χ1) is 30.8. The molecule has 2 aliphatic carbocycles. The van der Waals surface area contributed by atoms with E-state index in [2.05, 4.69) is 53.8 Å². The zero-order chi connectivity index (χ0) is 44.1. The van der Waals surface area contributed by atoms with E-state index in [1.807, 2.05) is 23.9 Å². The van der Waals surface area contributed by atoms with Gasteiger partial charge >= 0.3 is 5.92 Å². The molecule has 5 fully saturated rings. The summed E-state index contributed by atoms with van der Waals surface area (Å²) in [6.07, 6.45) is 8.58. The van der Waals surface area contributed by atoms with Crippen molar-refractivity contribution in [2.75, 3.05) is 72.9 Å². The Morgan fingerprint density at radius 1 is 0.922 bits per heavy atom. The van der Waals surface area contributed by atoms with Gasteiger partial charge in [0.15, 0.2) is 12.4 Å². The lowest BCUT2D eigenvalue weighted by molar-refractivity contribution is -0.134. The third-order valence-electron chi connectivity index (χ3n) is 14.8. The van der Waals surface area contributed by atoms with Gasteiger partial charge in [-0.15, -0.1) is 0 Å². The first-order valence-corrected chi connectivity index (χ1v) is 23.0. The fraction of sp³-hybridized carbons (Fsp3) is 0.522. The number of pyridine rings is 1. The number of halogens is 3. The molecule has 11 rings (SSSR count). The van der Waals surface area contributed by atoms with E-state index < -0.39 is 30.0 Å². The second-order valence-electron chi connectivity index (χ2n) is 19.1. The molecule has 15 nitrogen and oxygen atoms in total. The van der Waals surface area contributed by atoms with Gasteiger partial charge in [-0.25, -0.2) is 13.8 Å². The second-order valence-corrected chi connectivity index (χ2v) is 19.5. The minimum Gasteiger partial charge on any atom is -0.480 e. The van der Waals surface area contributed by atoms with Crippen molar-refractivity contribution in [2.24, 2.45) is 31.3 Å². The van der Waals surface area contributed by atoms with Crippen molar-refractivity contribution in [3.05, 3.63) is 63.7 Å². The summed E-state index contributed by atoms with van der Waals surface area (Å²) in [4.78, 5) is 54.3. The number of rotatable bonds is 8. The minimum absolute atomic E-state index is 0.0985. The average molecular weight is 896 g/mol. The fourth-order valence-electron chi connectivity index (χ4n) is 11.0. The number of anilines is 5. The van der Waals surface area contributed by atoms with E-state index >= 15 is 8.78 Å². The molecule has 18 heteroatoms. The number of carbonyl (C=O) groups excluding carboxylic acids is 2. The molecule has 1 spiro atoms. The van der Waals surface area contributed by atoms with Crippen LogP contribution in [0.25, 0.3) is 21.8 Å². The fourth-order valence-corrected chi connectivity index (χ4v) is 11.1. The monoisotopic (exact) mass is 895 g/mol. The number of piperazine rings is 1. The molecule has 3 aromatic heterocycles. The van der Waals surface area contributed by atoms with Crippen LogP contribution in [0, 0.1) is 17.3 Å². The van der Waals surface area contributed by atoms with E-state index in [1.165, 1.54) is 30.3 Å². The Balaban J connectivity index is 0.693. The first kappa shape index (κ1) is 41.2. The van der Waals surface area contributed by atoms with Crippen LogP contribution in [0.2, 0.25) is 5.02 Å². The summed E-state index contributed by atoms with van der Waals surface area (Å²) in [6.45, 7) is 5.97. The number of aryl methyl sites for hydroxylation is 2. The van der Waals surface area contributed by atoms with E-state index in [1.54, 1.807) is 19.3 Å². The van der Waals surface area contributed by atoms with Gasteiger partial charge in [0, 0.05) is 93.9 Å². The molecule has 2 amide bonds. The number of alkyl halides is 2. The van der Waals surface area contributed by atoms with Crippen molar-refractivity contribution < 1.29 is 23.1 Å². The number of imide groups is 1. The molecule has 0 radical (unpaired) electrons. The van der Waals surface area contributed by atoms with Crippen molar-refractivity contribution in [2.45, 2.75) is 69.2 Å². The number of carbonyl (C=O) groups is 2. The van der Waals surface area contributed by atoms with Crippen LogP contribution in [-0.2, 0) is 23.7 Å². The van der Waals surface area contributed by atoms with Crippen LogP contribution in [0.3, 0.4) is 0 Å². The maximum absolute atomic E-state index is 15.2. The number of piperidine rings is 1. The maximum Gasteiger partial charge on any atom is 0.301 e. The number of hydrogen-bond acceptors (Lipinski definition) is 12. The summed E-state index contributed by atoms with van der Waals surface area (Å²) in [7, 11) is 3.53. The van der Waals surface area contributed by atoms with E-state index in [4.69, 9.17) is 26.4 Å². The third kappa shape index (κ3) is 7.37. The number of fused-ring (bicyclic) bond motifs is 4. The molecule has 6 aliphatic rings. The van der Waals surface area contributed by atoms with Gasteiger partial charge in [0.25, 0.3) is 5.56 Å². The molecule has 3 N–H and O–H groups in total. The van der Waals surface area contributed by atoms with Crippen LogP contribution < -0.4 is 36.0 Å². The summed E-state index contributed by atoms with van der Waals surface area (Å²) >= 11 is 6.65. The van der Waals surface area contributed by atoms with Crippen LogP contribution in [0.5, 0.6) is 5.75 Å². The van der Waals surface area contributed by atoms with Gasteiger partial charge in [0.1, 0.15) is 5.02 Å². The van der Waals surface area contributed by atoms with Gasteiger partial charge in [-0.1, -0.05) is 11.6 Å². The molecule has 2 unspecified atom stereocenters. The Hall–Kier alpha value is -5.55. The quantitative estimate of drug-likeness (QED) is 0.153. The Bertz CT molecular complexity index is 2750. The SMILES string of the molecule is Cn1nc(C2CCC(=O)NC2=O)c2ccc(N3CCN(CC4CCC5(CC4)CN(c4ncc(Cl)c(Nc6ccc7c(c6)c6c(c(=O)n7C)OCC(F)(F)C(C7CC7)N6)n4)C5)CC3)cc21. The lowest BCUT2D eigenvalue weighted by Crippen LogP contribution is -2.58. The van der Waals surface area contributed by atoms with E-state index in [-0.39, 0.29) is 34.6 Å². The van der Waals surface area contributed by atoms with Crippen molar-refractivity contribution in [3.8, 4) is 5.75 Å². The van der Waals surface area contributed by atoms with Crippen LogP contribution in [0.4, 0.5) is 37.6 Å². The predicted octanol–water partition coefficient (Wildman–Crippen LogP) is 6.17. The van der Waals surface area contributed by atoms with Gasteiger partial charge in [0.05, 0.1) is 40.6 Å². The highest BCUT2D eigenvalue weighted by Crippen LogP contribution is 2.48. The molecule has 2 atom stereocenters. The van der Waals surface area contributed by atoms with E-state index in [9.17, 15) is 14.4 Å². The van der Waals surface area contributed by atoms with Crippen molar-refractivity contribution in [1.82, 2.24) is 34.5 Å². The summed E-state index contributed by atoms with van der Waals surface area (Å²) in [6, 6.07) is 10.7. The Morgan fingerprint density at radius 2 is 1.70 bits per heavy atom. The summed E-state index contributed by atoms with van der Waals surface area (Å²) in [5.74, 6) is -2.58. The zero-order valence-electron chi connectivity index (χ0n) is 36.0. The number of hydrogen-bond donors (Lipinski definition) is 3. The number of benzene rings is 2. The minimum atomic E-state index is -3.12. The highest BCUT2D eigenvalue weighted by atomic mass is 35.5. The van der Waals surface area contributed by atoms with Crippen LogP contribution in [0.1, 0.15) is 63.0 Å². The Morgan fingerprint density at radius 3 is 2.45 bits per heavy atom. The van der Waals surface area contributed by atoms with Crippen LogP contribution >= 0.6 is 11.6 Å². The smallest absolute Gasteiger partial charge is 0.301 e. The topological polar surface area (TPSA) is 155 Å². The normalized spacial score (nSPS) is 23.6. The molecule has 7 heterocycles. The van der Waals surface area contributed by atoms with Crippen LogP contribution in [0.15, 0.2) is 47.4 Å². The number of amides is 2. The molecule has 336 valence electrons. The lowest BCUT2D eigenvalue weighted by atomic mass is 9.66. The van der Waals surface area contributed by atoms with E-state index in [0.717, 1.165) is 68.1 Å². The Labute approximate surface area is 373 Å². The summed E-state index contributed by atoms with van der Waals surface area (Å²) < 4.78 is 39.2. The molecule has 2 saturated carbocycles. The standard InChI is InChI=1S/C46H52ClF2N11O4/c1-56-34-9-5-28(19-32(34)38-39(43(56)63)64-25-46(48,49)40(53-38)27-3-4-27)51-41-33(47)21-50-44(54-41)60-23-45(24-60)13-11-26(12-14-45)22-58-15-17-59(18-16-58)29-6-7-30-35(20-29)57(2)55-37(30)31-8-10-36(61)52-42(31)62/h5-7,9,19-21,26-27,31,40,53H,3-4,8,10-18,22-25H2,1-2H3,(H,50,51,54)(H,52,61,62). The number of nitrogens with zero attached hydrogens (tertiary/aromatic N) is 8. The van der Waals surface area contributed by atoms with E-state index in [0.29, 0.717) is 65.0 Å². The molecule has 0 bridgehead atoms. The third-order valence-corrected chi connectivity index (χ3v) is 15.1. The molecule has 4 aliphatic heterocycles. The molecule has 64 heavy (non-hydrogen) atoms. The van der Waals surface area contributed by atoms with Gasteiger partial charge in [-0.2, -0.15) is 10.1 Å². The molecule has 3 saturated heterocycles. The number of nitrogens with one attached hydrogen (secondary N) is 3. The summed E-state index contributed by atoms with van der Waals surface area (Å²) in [5, 5.41) is 15.5. The molecule has 2 aromatic carbocycles. The Kier molecular flexibility index (Phi) is 10.0. The first-order valence-electron chi connectivity index (χ1n) is 22.6. The highest BCUT2D eigenvalue weighted by Gasteiger charge is 2.51. The molecular formula is C46H52ClF2N11O4. The van der Waals surface area contributed by atoms with Crippen LogP contribution in [-0.4, -0.2) is 105 Å².